The van der Waals surface area contributed by atoms with Gasteiger partial charge in [-0.15, -0.1) is 8.78 Å². The number of hydrogen-bond acceptors (Lipinski definition) is 7. The average Bonchev–Trinajstić information content (AvgIpc) is 3.53. The Morgan fingerprint density at radius 2 is 1.84 bits per heavy atom. The van der Waals surface area contributed by atoms with E-state index in [2.05, 4.69) is 19.6 Å². The van der Waals surface area contributed by atoms with Crippen molar-refractivity contribution >= 4 is 17.6 Å². The van der Waals surface area contributed by atoms with Gasteiger partial charge in [-0.05, 0) is 55.7 Å². The fourth-order valence-corrected chi connectivity index (χ4v) is 5.16. The first-order valence-electron chi connectivity index (χ1n) is 13.1. The Bertz CT molecular complexity index is 1790. The van der Waals surface area contributed by atoms with E-state index in [0.717, 1.165) is 9.58 Å². The number of aromatic carboxylic acids is 1. The van der Waals surface area contributed by atoms with E-state index in [4.69, 9.17) is 4.74 Å². The van der Waals surface area contributed by atoms with Crippen LogP contribution in [0.3, 0.4) is 0 Å². The lowest BCUT2D eigenvalue weighted by atomic mass is 9.93. The Morgan fingerprint density at radius 1 is 1.07 bits per heavy atom. The highest BCUT2D eigenvalue weighted by Crippen LogP contribution is 2.44. The van der Waals surface area contributed by atoms with Crippen molar-refractivity contribution in [2.75, 3.05) is 11.9 Å². The van der Waals surface area contributed by atoms with E-state index in [9.17, 15) is 36.6 Å². The molecule has 2 aliphatic rings. The van der Waals surface area contributed by atoms with Crippen molar-refractivity contribution in [1.82, 2.24) is 14.8 Å². The van der Waals surface area contributed by atoms with Crippen LogP contribution in [0.5, 0.6) is 17.4 Å². The lowest BCUT2D eigenvalue weighted by molar-refractivity contribution is -0.286. The Kier molecular flexibility index (Phi) is 6.89. The summed E-state index contributed by atoms with van der Waals surface area (Å²) >= 11 is 0. The Hall–Kier alpha value is -5.21. The summed E-state index contributed by atoms with van der Waals surface area (Å²) in [4.78, 5) is 30.0. The maximum absolute atomic E-state index is 14.1. The fourth-order valence-electron chi connectivity index (χ4n) is 5.16. The lowest BCUT2D eigenvalue weighted by Gasteiger charge is -2.25. The molecule has 1 N–H and O–H groups in total. The minimum atomic E-state index is -4.79. The summed E-state index contributed by atoms with van der Waals surface area (Å²) in [5.74, 6) is -2.38. The molecule has 0 radical (unpaired) electrons. The van der Waals surface area contributed by atoms with Crippen LogP contribution in [0.25, 0.3) is 5.69 Å². The van der Waals surface area contributed by atoms with Crippen LogP contribution in [-0.2, 0) is 12.6 Å². The molecule has 1 aliphatic heterocycles. The molecule has 228 valence electrons. The van der Waals surface area contributed by atoms with E-state index in [1.807, 2.05) is 0 Å². The number of halogens is 5. The highest BCUT2D eigenvalue weighted by Gasteiger charge is 2.44. The number of carbonyl (C=O) groups excluding carboxylic acids is 1. The third-order valence-corrected chi connectivity index (χ3v) is 7.15. The minimum Gasteiger partial charge on any atom is -0.478 e. The van der Waals surface area contributed by atoms with Crippen molar-refractivity contribution in [2.45, 2.75) is 37.8 Å². The molecule has 2 aromatic heterocycles. The number of anilines is 1. The predicted molar refractivity (Wildman–Crippen MR) is 141 cm³/mol. The molecule has 2 aromatic carbocycles. The number of hydrogen-bond donors (Lipinski definition) is 1. The molecular formula is C29H21F5N4O6. The van der Waals surface area contributed by atoms with Crippen LogP contribution in [0.1, 0.15) is 56.6 Å². The van der Waals surface area contributed by atoms with Crippen LogP contribution in [-0.4, -0.2) is 45.1 Å². The van der Waals surface area contributed by atoms with Gasteiger partial charge in [0.1, 0.15) is 6.10 Å². The summed E-state index contributed by atoms with van der Waals surface area (Å²) in [7, 11) is 1.39. The summed E-state index contributed by atoms with van der Waals surface area (Å²) in [5.41, 5.74) is -0.796. The summed E-state index contributed by atoms with van der Waals surface area (Å²) in [6.45, 7) is 0. The Morgan fingerprint density at radius 3 is 2.59 bits per heavy atom. The zero-order chi connectivity index (χ0) is 31.4. The third-order valence-electron chi connectivity index (χ3n) is 7.15. The Labute approximate surface area is 245 Å². The summed E-state index contributed by atoms with van der Waals surface area (Å²) in [6.07, 6.45) is -7.67. The molecule has 1 amide bonds. The number of benzene rings is 2. The number of rotatable bonds is 6. The zero-order valence-corrected chi connectivity index (χ0v) is 22.6. The largest absolute Gasteiger partial charge is 0.586 e. The van der Waals surface area contributed by atoms with Gasteiger partial charge in [0.05, 0.1) is 16.9 Å². The number of amides is 1. The van der Waals surface area contributed by atoms with Gasteiger partial charge in [-0.2, -0.15) is 18.3 Å². The second-order valence-electron chi connectivity index (χ2n) is 10.0. The predicted octanol–water partition coefficient (Wildman–Crippen LogP) is 6.04. The first-order valence-corrected chi connectivity index (χ1v) is 13.1. The summed E-state index contributed by atoms with van der Waals surface area (Å²) in [6, 6.07) is 12.0. The molecule has 0 fully saturated rings. The molecule has 0 saturated heterocycles. The van der Waals surface area contributed by atoms with Crippen LogP contribution in [0.15, 0.2) is 60.8 Å². The second-order valence-corrected chi connectivity index (χ2v) is 10.0. The summed E-state index contributed by atoms with van der Waals surface area (Å²) < 4.78 is 85.1. The number of carboxylic acid groups (broad SMARTS) is 1. The van der Waals surface area contributed by atoms with Crippen molar-refractivity contribution in [2.24, 2.45) is 0 Å². The number of ether oxygens (including phenoxy) is 3. The van der Waals surface area contributed by atoms with Gasteiger partial charge in [-0.3, -0.25) is 4.79 Å². The van der Waals surface area contributed by atoms with Gasteiger partial charge in [0.15, 0.2) is 17.2 Å². The smallest absolute Gasteiger partial charge is 0.478 e. The van der Waals surface area contributed by atoms with Gasteiger partial charge in [-0.25, -0.2) is 14.5 Å². The quantitative estimate of drug-likeness (QED) is 0.261. The monoisotopic (exact) mass is 616 g/mol. The van der Waals surface area contributed by atoms with Crippen LogP contribution in [0.2, 0.25) is 0 Å². The fraction of sp³-hybridized carbons (Fsp3) is 0.241. The molecule has 1 unspecified atom stereocenters. The molecule has 0 spiro atoms. The van der Waals surface area contributed by atoms with E-state index in [1.54, 1.807) is 0 Å². The molecule has 4 aromatic rings. The van der Waals surface area contributed by atoms with Gasteiger partial charge >= 0.3 is 18.4 Å². The van der Waals surface area contributed by atoms with E-state index < -0.39 is 36.1 Å². The lowest BCUT2D eigenvalue weighted by Crippen LogP contribution is -2.26. The van der Waals surface area contributed by atoms with E-state index in [1.165, 1.54) is 67.8 Å². The van der Waals surface area contributed by atoms with E-state index >= 15 is 0 Å². The molecule has 0 saturated carbocycles. The van der Waals surface area contributed by atoms with Crippen molar-refractivity contribution in [1.29, 1.82) is 0 Å². The maximum atomic E-state index is 14.1. The van der Waals surface area contributed by atoms with Gasteiger partial charge in [0, 0.05) is 42.2 Å². The van der Waals surface area contributed by atoms with Crippen LogP contribution >= 0.6 is 0 Å². The highest BCUT2D eigenvalue weighted by molar-refractivity contribution is 6.06. The molecule has 3 heterocycles. The van der Waals surface area contributed by atoms with Crippen LogP contribution < -0.4 is 19.1 Å². The molecule has 1 atom stereocenters. The van der Waals surface area contributed by atoms with Crippen molar-refractivity contribution in [3.63, 3.8) is 0 Å². The first kappa shape index (κ1) is 28.9. The molecule has 6 rings (SSSR count). The van der Waals surface area contributed by atoms with E-state index in [0.29, 0.717) is 12.8 Å². The SMILES string of the molecule is CN(C(=O)c1cccc(-n2nc(C(F)(F)F)c3c2C(Oc2cc(C(=O)O)ccn2)CCC3)c1)c1ccc2c(c1)OC(F)(F)O2. The minimum absolute atomic E-state index is 0.0647. The number of nitrogens with zero attached hydrogens (tertiary/aromatic N) is 4. The van der Waals surface area contributed by atoms with Gasteiger partial charge in [0.25, 0.3) is 5.91 Å². The molecule has 0 bridgehead atoms. The topological polar surface area (TPSA) is 116 Å². The highest BCUT2D eigenvalue weighted by atomic mass is 19.4. The number of pyridine rings is 1. The molecule has 15 heteroatoms. The number of alkyl halides is 5. The van der Waals surface area contributed by atoms with Crippen LogP contribution in [0.4, 0.5) is 27.6 Å². The van der Waals surface area contributed by atoms with E-state index in [-0.39, 0.29) is 57.6 Å². The van der Waals surface area contributed by atoms with Crippen molar-refractivity contribution in [3.8, 4) is 23.1 Å². The zero-order valence-electron chi connectivity index (χ0n) is 22.6. The van der Waals surface area contributed by atoms with Crippen molar-refractivity contribution < 1.29 is 50.9 Å². The van der Waals surface area contributed by atoms with Gasteiger partial charge in [-0.1, -0.05) is 6.07 Å². The normalized spacial score (nSPS) is 16.7. The molecule has 1 aliphatic carbocycles. The number of carboxylic acids is 1. The average molecular weight is 616 g/mol. The van der Waals surface area contributed by atoms with Crippen molar-refractivity contribution in [3.05, 3.63) is 88.9 Å². The summed E-state index contributed by atoms with van der Waals surface area (Å²) in [5, 5.41) is 13.2. The maximum Gasteiger partial charge on any atom is 0.586 e. The number of fused-ring (bicyclic) bond motifs is 2. The van der Waals surface area contributed by atoms with Gasteiger partial charge < -0.3 is 24.2 Å². The molecular weight excluding hydrogens is 595 g/mol. The molecule has 44 heavy (non-hydrogen) atoms. The molecule has 10 nitrogen and oxygen atoms in total. The number of carbonyl (C=O) groups is 2. The Balaban J connectivity index is 1.36. The standard InChI is InChI=1S/C29H21F5N4O6/c1-37(17-8-9-20-22(14-17)44-29(33,34)43-20)26(39)15-4-2-5-18(12-15)38-24-19(25(36-38)28(30,31)32)6-3-7-21(24)42-23-13-16(27(40)41)10-11-35-23/h2,4-5,8-14,21H,3,6-7H2,1H3,(H,40,41). The first-order chi connectivity index (χ1) is 20.8. The van der Waals surface area contributed by atoms with Gasteiger partial charge in [0.2, 0.25) is 5.88 Å². The third kappa shape index (κ3) is 5.36. The van der Waals surface area contributed by atoms with Crippen LogP contribution in [0, 0.1) is 0 Å². The number of aromatic nitrogens is 3. The second kappa shape index (κ2) is 10.5.